The van der Waals surface area contributed by atoms with Crippen LogP contribution < -0.4 is 20.7 Å². The van der Waals surface area contributed by atoms with Crippen molar-refractivity contribution in [2.24, 2.45) is 0 Å². The Kier molecular flexibility index (Phi) is 6.89. The number of aromatic hydroxyl groups is 1. The predicted molar refractivity (Wildman–Crippen MR) is 115 cm³/mol. The quantitative estimate of drug-likeness (QED) is 0.446. The lowest BCUT2D eigenvalue weighted by Crippen LogP contribution is -2.36. The summed E-state index contributed by atoms with van der Waals surface area (Å²) >= 11 is 0. The van der Waals surface area contributed by atoms with E-state index in [0.717, 1.165) is 11.3 Å². The minimum absolute atomic E-state index is 0.0969. The molecular formula is C23H23N3O4. The van der Waals surface area contributed by atoms with Crippen molar-refractivity contribution in [1.29, 1.82) is 0 Å². The summed E-state index contributed by atoms with van der Waals surface area (Å²) in [7, 11) is 0. The molecule has 0 saturated heterocycles. The summed E-state index contributed by atoms with van der Waals surface area (Å²) in [5, 5.41) is 17.3. The van der Waals surface area contributed by atoms with Crippen molar-refractivity contribution in [2.75, 3.05) is 18.4 Å². The summed E-state index contributed by atoms with van der Waals surface area (Å²) in [6, 6.07) is 20.4. The highest BCUT2D eigenvalue weighted by atomic mass is 16.5. The van der Waals surface area contributed by atoms with E-state index >= 15 is 0 Å². The number of nitrogens with one attached hydrogen (secondary N) is 3. The summed E-state index contributed by atoms with van der Waals surface area (Å²) in [5.74, 6) is 1.24. The molecule has 7 nitrogen and oxygen atoms in total. The fourth-order valence-corrected chi connectivity index (χ4v) is 2.66. The summed E-state index contributed by atoms with van der Waals surface area (Å²) in [5.41, 5.74) is 2.17. The number of carbonyl (C=O) groups is 2. The van der Waals surface area contributed by atoms with E-state index < -0.39 is 0 Å². The summed E-state index contributed by atoms with van der Waals surface area (Å²) < 4.78 is 5.78. The number of carbonyl (C=O) groups excluding carboxylic acids is 2. The van der Waals surface area contributed by atoms with Crippen LogP contribution in [0.25, 0.3) is 0 Å². The van der Waals surface area contributed by atoms with Gasteiger partial charge in [-0.05, 0) is 73.2 Å². The topological polar surface area (TPSA) is 99.7 Å². The zero-order valence-electron chi connectivity index (χ0n) is 16.5. The maximum absolute atomic E-state index is 12.0. The molecule has 3 rings (SSSR count). The van der Waals surface area contributed by atoms with E-state index in [2.05, 4.69) is 16.0 Å². The third kappa shape index (κ3) is 6.27. The molecule has 0 bridgehead atoms. The number of urea groups is 1. The normalized spacial score (nSPS) is 10.2. The smallest absolute Gasteiger partial charge is 0.319 e. The molecule has 0 aliphatic rings. The zero-order chi connectivity index (χ0) is 21.3. The molecule has 0 aliphatic heterocycles. The highest BCUT2D eigenvalue weighted by Gasteiger charge is 2.06. The first-order valence-electron chi connectivity index (χ1n) is 9.46. The number of benzene rings is 3. The van der Waals surface area contributed by atoms with Crippen LogP contribution in [0.2, 0.25) is 0 Å². The Hall–Kier alpha value is -4.00. The molecule has 0 heterocycles. The number of hydrogen-bond donors (Lipinski definition) is 4. The lowest BCUT2D eigenvalue weighted by atomic mass is 10.2. The van der Waals surface area contributed by atoms with Crippen LogP contribution in [0.1, 0.15) is 15.9 Å². The van der Waals surface area contributed by atoms with Gasteiger partial charge in [-0.3, -0.25) is 4.79 Å². The SMILES string of the molecule is Cc1cccc(Oc2ccc(NC(=O)NCCNC(=O)c3ccc(O)cc3)cc2)c1. The van der Waals surface area contributed by atoms with Gasteiger partial charge in [-0.15, -0.1) is 0 Å². The first-order chi connectivity index (χ1) is 14.5. The van der Waals surface area contributed by atoms with Crippen molar-refractivity contribution in [1.82, 2.24) is 10.6 Å². The molecule has 30 heavy (non-hydrogen) atoms. The van der Waals surface area contributed by atoms with Crippen molar-refractivity contribution in [3.8, 4) is 17.2 Å². The van der Waals surface area contributed by atoms with Crippen molar-refractivity contribution in [3.63, 3.8) is 0 Å². The number of aryl methyl sites for hydroxylation is 1. The summed E-state index contributed by atoms with van der Waals surface area (Å²) in [6.07, 6.45) is 0. The van der Waals surface area contributed by atoms with Crippen molar-refractivity contribution >= 4 is 17.6 Å². The average Bonchev–Trinajstić information content (AvgIpc) is 2.73. The highest BCUT2D eigenvalue weighted by Crippen LogP contribution is 2.23. The van der Waals surface area contributed by atoms with E-state index in [0.29, 0.717) is 17.0 Å². The number of anilines is 1. The molecule has 3 amide bonds. The number of amides is 3. The minimum Gasteiger partial charge on any atom is -0.508 e. The fourth-order valence-electron chi connectivity index (χ4n) is 2.66. The monoisotopic (exact) mass is 405 g/mol. The van der Waals surface area contributed by atoms with E-state index in [9.17, 15) is 14.7 Å². The van der Waals surface area contributed by atoms with Crippen LogP contribution >= 0.6 is 0 Å². The standard InChI is InChI=1S/C23H23N3O4/c1-16-3-2-4-21(15-16)30-20-11-7-18(8-12-20)26-23(29)25-14-13-24-22(28)17-5-9-19(27)10-6-17/h2-12,15,27H,13-14H2,1H3,(H,24,28)(H2,25,26,29). The van der Waals surface area contributed by atoms with E-state index in [-0.39, 0.29) is 30.8 Å². The Morgan fingerprint density at radius 2 is 1.57 bits per heavy atom. The summed E-state index contributed by atoms with van der Waals surface area (Å²) in [6.45, 7) is 2.54. The molecule has 0 unspecified atom stereocenters. The second-order valence-corrected chi connectivity index (χ2v) is 6.63. The van der Waals surface area contributed by atoms with Gasteiger partial charge in [0.15, 0.2) is 0 Å². The molecule has 0 radical (unpaired) electrons. The lowest BCUT2D eigenvalue weighted by molar-refractivity contribution is 0.0954. The molecule has 0 fully saturated rings. The van der Waals surface area contributed by atoms with Crippen molar-refractivity contribution in [2.45, 2.75) is 6.92 Å². The number of phenolic OH excluding ortho intramolecular Hbond substituents is 1. The largest absolute Gasteiger partial charge is 0.508 e. The molecule has 0 aliphatic carbocycles. The third-order valence-corrected chi connectivity index (χ3v) is 4.16. The highest BCUT2D eigenvalue weighted by molar-refractivity contribution is 5.94. The van der Waals surface area contributed by atoms with Gasteiger partial charge in [0.05, 0.1) is 0 Å². The first-order valence-corrected chi connectivity index (χ1v) is 9.46. The molecular weight excluding hydrogens is 382 g/mol. The predicted octanol–water partition coefficient (Wildman–Crippen LogP) is 4.04. The molecule has 3 aromatic carbocycles. The molecule has 154 valence electrons. The van der Waals surface area contributed by atoms with Crippen LogP contribution in [-0.2, 0) is 0 Å². The Labute approximate surface area is 174 Å². The molecule has 0 aromatic heterocycles. The molecule has 0 saturated carbocycles. The van der Waals surface area contributed by atoms with Crippen LogP contribution in [0.3, 0.4) is 0 Å². The van der Waals surface area contributed by atoms with Gasteiger partial charge in [0.1, 0.15) is 17.2 Å². The molecule has 7 heteroatoms. The van der Waals surface area contributed by atoms with E-state index in [1.807, 2.05) is 31.2 Å². The van der Waals surface area contributed by atoms with Crippen LogP contribution in [-0.4, -0.2) is 30.1 Å². The van der Waals surface area contributed by atoms with Gasteiger partial charge in [-0.25, -0.2) is 4.79 Å². The van der Waals surface area contributed by atoms with E-state index in [1.54, 1.807) is 24.3 Å². The van der Waals surface area contributed by atoms with Crippen LogP contribution in [0.5, 0.6) is 17.2 Å². The minimum atomic E-state index is -0.374. The number of phenols is 1. The molecule has 4 N–H and O–H groups in total. The van der Waals surface area contributed by atoms with Crippen molar-refractivity contribution in [3.05, 3.63) is 83.9 Å². The Bertz CT molecular complexity index is 1000. The van der Waals surface area contributed by atoms with E-state index in [1.165, 1.54) is 24.3 Å². The Morgan fingerprint density at radius 3 is 2.27 bits per heavy atom. The number of hydrogen-bond acceptors (Lipinski definition) is 4. The maximum atomic E-state index is 12.0. The van der Waals surface area contributed by atoms with Gasteiger partial charge in [-0.2, -0.15) is 0 Å². The van der Waals surface area contributed by atoms with E-state index in [4.69, 9.17) is 4.74 Å². The van der Waals surface area contributed by atoms with Gasteiger partial charge in [0.25, 0.3) is 5.91 Å². The average molecular weight is 405 g/mol. The van der Waals surface area contributed by atoms with Gasteiger partial charge in [0.2, 0.25) is 0 Å². The van der Waals surface area contributed by atoms with Crippen molar-refractivity contribution < 1.29 is 19.4 Å². The Morgan fingerprint density at radius 1 is 0.867 bits per heavy atom. The first kappa shape index (κ1) is 20.7. The molecule has 3 aromatic rings. The zero-order valence-corrected chi connectivity index (χ0v) is 16.5. The Balaban J connectivity index is 1.39. The maximum Gasteiger partial charge on any atom is 0.319 e. The lowest BCUT2D eigenvalue weighted by Gasteiger charge is -2.10. The molecule has 0 atom stereocenters. The number of ether oxygens (including phenoxy) is 1. The van der Waals surface area contributed by atoms with Crippen LogP contribution in [0, 0.1) is 6.92 Å². The fraction of sp³-hybridized carbons (Fsp3) is 0.130. The van der Waals surface area contributed by atoms with Crippen LogP contribution in [0.4, 0.5) is 10.5 Å². The van der Waals surface area contributed by atoms with Gasteiger partial charge >= 0.3 is 6.03 Å². The number of rotatable bonds is 7. The second-order valence-electron chi connectivity index (χ2n) is 6.63. The van der Waals surface area contributed by atoms with Gasteiger partial charge in [0, 0.05) is 24.3 Å². The molecule has 0 spiro atoms. The second kappa shape index (κ2) is 9.97. The van der Waals surface area contributed by atoms with Crippen LogP contribution in [0.15, 0.2) is 72.8 Å². The van der Waals surface area contributed by atoms with Gasteiger partial charge in [-0.1, -0.05) is 12.1 Å². The summed E-state index contributed by atoms with van der Waals surface area (Å²) in [4.78, 5) is 23.9. The van der Waals surface area contributed by atoms with Gasteiger partial charge < -0.3 is 25.8 Å². The third-order valence-electron chi connectivity index (χ3n) is 4.16.